The van der Waals surface area contributed by atoms with Gasteiger partial charge in [0.25, 0.3) is 5.91 Å². The molecule has 1 amide bonds. The summed E-state index contributed by atoms with van der Waals surface area (Å²) in [6.45, 7) is -0.246. The Hall–Kier alpha value is -3.50. The number of hydrogen-bond donors (Lipinski definition) is 2. The van der Waals surface area contributed by atoms with Crippen molar-refractivity contribution in [1.82, 2.24) is 9.97 Å². The van der Waals surface area contributed by atoms with Crippen LogP contribution in [0.15, 0.2) is 48.1 Å². The monoisotopic (exact) mass is 474 g/mol. The van der Waals surface area contributed by atoms with Gasteiger partial charge in [-0.15, -0.1) is 11.3 Å². The Morgan fingerprint density at radius 3 is 2.56 bits per heavy atom. The van der Waals surface area contributed by atoms with E-state index < -0.39 is 24.5 Å². The molecule has 166 valence electrons. The van der Waals surface area contributed by atoms with Crippen LogP contribution in [-0.2, 0) is 19.1 Å². The van der Waals surface area contributed by atoms with Crippen LogP contribution in [0, 0.1) is 0 Å². The van der Waals surface area contributed by atoms with Gasteiger partial charge in [-0.2, -0.15) is 0 Å². The molecular formula is C21H19ClN4O5S. The van der Waals surface area contributed by atoms with Gasteiger partial charge in [-0.1, -0.05) is 29.8 Å². The summed E-state index contributed by atoms with van der Waals surface area (Å²) in [5, 5.41) is 7.89. The molecule has 0 spiro atoms. The summed E-state index contributed by atoms with van der Waals surface area (Å²) in [6, 6.07) is 8.70. The lowest BCUT2D eigenvalue weighted by Gasteiger charge is -2.09. The minimum absolute atomic E-state index is 0.0224. The van der Waals surface area contributed by atoms with Crippen LogP contribution >= 0.6 is 22.9 Å². The zero-order valence-electron chi connectivity index (χ0n) is 17.0. The highest BCUT2D eigenvalue weighted by atomic mass is 35.5. The first-order valence-electron chi connectivity index (χ1n) is 9.40. The molecule has 0 aliphatic carbocycles. The number of carbonyl (C=O) groups is 3. The molecule has 11 heteroatoms. The van der Waals surface area contributed by atoms with Gasteiger partial charge in [0.15, 0.2) is 6.61 Å². The van der Waals surface area contributed by atoms with Gasteiger partial charge in [-0.3, -0.25) is 9.59 Å². The molecule has 2 heterocycles. The molecule has 3 rings (SSSR count). The molecule has 0 saturated heterocycles. The molecule has 2 aromatic heterocycles. The minimum Gasteiger partial charge on any atom is -0.465 e. The molecule has 0 aliphatic rings. The van der Waals surface area contributed by atoms with E-state index >= 15 is 0 Å². The van der Waals surface area contributed by atoms with Crippen LogP contribution in [0.25, 0.3) is 11.1 Å². The van der Waals surface area contributed by atoms with E-state index in [1.54, 1.807) is 48.1 Å². The van der Waals surface area contributed by atoms with E-state index in [1.807, 2.05) is 0 Å². The van der Waals surface area contributed by atoms with Crippen molar-refractivity contribution >= 4 is 51.7 Å². The molecule has 9 nitrogen and oxygen atoms in total. The molecule has 0 saturated carbocycles. The number of hydrogen-bond acceptors (Lipinski definition) is 9. The fourth-order valence-corrected chi connectivity index (χ4v) is 3.88. The zero-order valence-corrected chi connectivity index (χ0v) is 18.5. The number of carbonyl (C=O) groups excluding carboxylic acids is 3. The highest BCUT2D eigenvalue weighted by Gasteiger charge is 2.23. The molecule has 0 fully saturated rings. The van der Waals surface area contributed by atoms with E-state index in [4.69, 9.17) is 21.1 Å². The van der Waals surface area contributed by atoms with Crippen LogP contribution in [-0.4, -0.2) is 48.1 Å². The Balaban J connectivity index is 1.58. The number of anilines is 2. The van der Waals surface area contributed by atoms with Gasteiger partial charge in [0.1, 0.15) is 10.6 Å². The van der Waals surface area contributed by atoms with E-state index in [-0.39, 0.29) is 23.5 Å². The van der Waals surface area contributed by atoms with Crippen LogP contribution in [0.4, 0.5) is 10.9 Å². The van der Waals surface area contributed by atoms with Crippen LogP contribution in [0.5, 0.6) is 0 Å². The van der Waals surface area contributed by atoms with Crippen molar-refractivity contribution in [3.63, 3.8) is 0 Å². The summed E-state index contributed by atoms with van der Waals surface area (Å²) in [5.41, 5.74) is 1.35. The van der Waals surface area contributed by atoms with Crippen molar-refractivity contribution in [1.29, 1.82) is 0 Å². The molecule has 32 heavy (non-hydrogen) atoms. The van der Waals surface area contributed by atoms with Gasteiger partial charge in [0, 0.05) is 40.5 Å². The first-order valence-corrected chi connectivity index (χ1v) is 10.7. The van der Waals surface area contributed by atoms with Crippen molar-refractivity contribution in [3.8, 4) is 11.1 Å². The van der Waals surface area contributed by atoms with Crippen molar-refractivity contribution in [2.75, 3.05) is 30.9 Å². The lowest BCUT2D eigenvalue weighted by atomic mass is 10.0. The first-order chi connectivity index (χ1) is 15.5. The van der Waals surface area contributed by atoms with Crippen molar-refractivity contribution in [2.45, 2.75) is 6.42 Å². The van der Waals surface area contributed by atoms with Gasteiger partial charge in [-0.25, -0.2) is 14.8 Å². The van der Waals surface area contributed by atoms with E-state index in [9.17, 15) is 14.4 Å². The number of halogens is 1. The third kappa shape index (κ3) is 6.02. The number of nitrogens with zero attached hydrogens (tertiary/aromatic N) is 2. The van der Waals surface area contributed by atoms with Gasteiger partial charge in [-0.05, 0) is 12.1 Å². The molecule has 0 bridgehead atoms. The molecule has 0 unspecified atom stereocenters. The molecule has 0 radical (unpaired) electrons. The smallest absolute Gasteiger partial charge is 0.341 e. The fourth-order valence-electron chi connectivity index (χ4n) is 2.68. The zero-order chi connectivity index (χ0) is 22.9. The maximum absolute atomic E-state index is 12.4. The number of benzene rings is 1. The molecule has 1 aromatic carbocycles. The second kappa shape index (κ2) is 11.2. The summed E-state index contributed by atoms with van der Waals surface area (Å²) < 4.78 is 9.86. The van der Waals surface area contributed by atoms with Crippen molar-refractivity contribution < 1.29 is 23.9 Å². The van der Waals surface area contributed by atoms with Gasteiger partial charge in [0.2, 0.25) is 5.95 Å². The van der Waals surface area contributed by atoms with Crippen molar-refractivity contribution in [3.05, 3.63) is 58.7 Å². The molecule has 0 atom stereocenters. The highest BCUT2D eigenvalue weighted by Crippen LogP contribution is 2.39. The standard InChI is InChI=1S/C21H19ClN4O5S/c1-30-20(29)18-14(13-5-2-3-6-15(13)22)12-32-19(18)26-16(27)11-31-17(28)7-10-25-21-23-8-4-9-24-21/h2-6,8-9,12H,7,10-11H2,1H3,(H,26,27)(H,23,24,25). The molecular weight excluding hydrogens is 456 g/mol. The van der Waals surface area contributed by atoms with Crippen molar-refractivity contribution in [2.24, 2.45) is 0 Å². The average molecular weight is 475 g/mol. The van der Waals surface area contributed by atoms with Crippen LogP contribution < -0.4 is 10.6 Å². The summed E-state index contributed by atoms with van der Waals surface area (Å²) in [6.07, 6.45) is 3.17. The number of esters is 2. The number of amides is 1. The molecule has 2 N–H and O–H groups in total. The predicted molar refractivity (Wildman–Crippen MR) is 121 cm³/mol. The third-order valence-corrected chi connectivity index (χ3v) is 5.36. The maximum Gasteiger partial charge on any atom is 0.341 e. The average Bonchev–Trinajstić information content (AvgIpc) is 3.21. The number of aromatic nitrogens is 2. The van der Waals surface area contributed by atoms with Crippen LogP contribution in [0.1, 0.15) is 16.8 Å². The number of thiophene rings is 1. The number of nitrogens with one attached hydrogen (secondary N) is 2. The fraction of sp³-hybridized carbons (Fsp3) is 0.190. The SMILES string of the molecule is COC(=O)c1c(-c2ccccc2Cl)csc1NC(=O)COC(=O)CCNc1ncccn1. The Labute approximate surface area is 192 Å². The second-order valence-corrected chi connectivity index (χ2v) is 7.57. The van der Waals surface area contributed by atoms with Crippen LogP contribution in [0.2, 0.25) is 5.02 Å². The maximum atomic E-state index is 12.4. The highest BCUT2D eigenvalue weighted by molar-refractivity contribution is 7.15. The predicted octanol–water partition coefficient (Wildman–Crippen LogP) is 3.63. The molecule has 0 aliphatic heterocycles. The Morgan fingerprint density at radius 1 is 1.09 bits per heavy atom. The van der Waals surface area contributed by atoms with Crippen LogP contribution in [0.3, 0.4) is 0 Å². The van der Waals surface area contributed by atoms with Gasteiger partial charge in [0.05, 0.1) is 13.5 Å². The quantitative estimate of drug-likeness (QED) is 0.451. The Morgan fingerprint density at radius 2 is 1.84 bits per heavy atom. The van der Waals surface area contributed by atoms with Gasteiger partial charge >= 0.3 is 11.9 Å². The minimum atomic E-state index is -0.623. The largest absolute Gasteiger partial charge is 0.465 e. The first kappa shape index (κ1) is 23.2. The summed E-state index contributed by atoms with van der Waals surface area (Å²) in [7, 11) is 1.25. The third-order valence-electron chi connectivity index (χ3n) is 4.14. The Kier molecular flexibility index (Phi) is 8.12. The second-order valence-electron chi connectivity index (χ2n) is 6.28. The van der Waals surface area contributed by atoms with E-state index in [2.05, 4.69) is 20.6 Å². The topological polar surface area (TPSA) is 120 Å². The van der Waals surface area contributed by atoms with Gasteiger partial charge < -0.3 is 20.1 Å². The van der Waals surface area contributed by atoms with E-state index in [0.717, 1.165) is 11.3 Å². The van der Waals surface area contributed by atoms with E-state index in [1.165, 1.54) is 7.11 Å². The van der Waals surface area contributed by atoms with E-state index in [0.29, 0.717) is 22.1 Å². The summed E-state index contributed by atoms with van der Waals surface area (Å²) >= 11 is 7.40. The summed E-state index contributed by atoms with van der Waals surface area (Å²) in [4.78, 5) is 44.5. The summed E-state index contributed by atoms with van der Waals surface area (Å²) in [5.74, 6) is -1.39. The number of rotatable bonds is 9. The number of ether oxygens (including phenoxy) is 2. The lowest BCUT2D eigenvalue weighted by Crippen LogP contribution is -2.22. The normalized spacial score (nSPS) is 10.3. The lowest BCUT2D eigenvalue weighted by molar-refractivity contribution is -0.147. The Bertz CT molecular complexity index is 1110. The number of methoxy groups -OCH3 is 1. The molecule has 3 aromatic rings.